The molecule has 0 spiro atoms. The highest BCUT2D eigenvalue weighted by Crippen LogP contribution is 2.55. The van der Waals surface area contributed by atoms with Crippen LogP contribution in [0.15, 0.2) is 157 Å². The van der Waals surface area contributed by atoms with Crippen LogP contribution in [0, 0.1) is 0 Å². The van der Waals surface area contributed by atoms with Crippen LogP contribution in [0.5, 0.6) is 11.5 Å². The van der Waals surface area contributed by atoms with E-state index in [0.29, 0.717) is 0 Å². The summed E-state index contributed by atoms with van der Waals surface area (Å²) in [5.41, 5.74) is 9.92. The van der Waals surface area contributed by atoms with Crippen molar-refractivity contribution in [2.24, 2.45) is 0 Å². The van der Waals surface area contributed by atoms with Crippen LogP contribution in [-0.2, 0) is 5.60 Å². The van der Waals surface area contributed by atoms with Gasteiger partial charge in [0, 0.05) is 22.3 Å². The van der Waals surface area contributed by atoms with Gasteiger partial charge in [-0.05, 0) is 40.1 Å². The van der Waals surface area contributed by atoms with Crippen molar-refractivity contribution in [3.05, 3.63) is 185 Å². The summed E-state index contributed by atoms with van der Waals surface area (Å²) in [5.74, 6) is 0.973. The summed E-state index contributed by atoms with van der Waals surface area (Å²) in [5, 5.41) is 12.5. The minimum Gasteiger partial charge on any atom is -0.508 e. The van der Waals surface area contributed by atoms with Crippen molar-refractivity contribution in [3.63, 3.8) is 0 Å². The molecular weight excluding hydrogens is 488 g/mol. The number of ether oxygens (including phenoxy) is 1. The molecule has 1 aliphatic heterocycles. The standard InChI is InChI=1S/C38H26O2/c39-32-23-21-29-22-24-36-37(34(29)25-32)35(26-33(27-13-5-1-6-14-27)28-15-7-2-8-16-28)38(40-36,30-17-9-3-10-18-30)31-19-11-4-12-20-31/h1-25,39H. The molecule has 1 heterocycles. The van der Waals surface area contributed by atoms with Gasteiger partial charge in [-0.15, -0.1) is 5.73 Å². The van der Waals surface area contributed by atoms with E-state index in [0.717, 1.165) is 55.5 Å². The molecule has 0 amide bonds. The zero-order chi connectivity index (χ0) is 26.9. The predicted octanol–water partition coefficient (Wildman–Crippen LogP) is 9.00. The molecular formula is C38H26O2. The smallest absolute Gasteiger partial charge is 0.192 e. The van der Waals surface area contributed by atoms with Crippen molar-refractivity contribution >= 4 is 21.9 Å². The Morgan fingerprint density at radius 2 is 1.07 bits per heavy atom. The van der Waals surface area contributed by atoms with E-state index in [1.165, 1.54) is 0 Å². The molecule has 2 heteroatoms. The van der Waals surface area contributed by atoms with E-state index in [2.05, 4.69) is 84.6 Å². The number of benzene rings is 6. The lowest BCUT2D eigenvalue weighted by molar-refractivity contribution is 0.192. The van der Waals surface area contributed by atoms with Crippen molar-refractivity contribution in [2.45, 2.75) is 5.60 Å². The van der Waals surface area contributed by atoms with Crippen LogP contribution in [0.2, 0.25) is 0 Å². The lowest BCUT2D eigenvalue weighted by Gasteiger charge is -2.31. The fourth-order valence-corrected chi connectivity index (χ4v) is 5.74. The molecule has 6 aromatic carbocycles. The van der Waals surface area contributed by atoms with Crippen molar-refractivity contribution < 1.29 is 9.84 Å². The Morgan fingerprint density at radius 1 is 0.575 bits per heavy atom. The first-order valence-electron chi connectivity index (χ1n) is 13.4. The third-order valence-electron chi connectivity index (χ3n) is 7.57. The summed E-state index contributed by atoms with van der Waals surface area (Å²) in [6.45, 7) is 0. The van der Waals surface area contributed by atoms with Gasteiger partial charge in [0.2, 0.25) is 0 Å². The summed E-state index contributed by atoms with van der Waals surface area (Å²) in [4.78, 5) is 0. The zero-order valence-electron chi connectivity index (χ0n) is 21.8. The molecule has 0 aromatic heterocycles. The normalized spacial score (nSPS) is 13.3. The second-order valence-electron chi connectivity index (χ2n) is 9.97. The molecule has 40 heavy (non-hydrogen) atoms. The van der Waals surface area contributed by atoms with E-state index in [1.807, 2.05) is 66.7 Å². The molecule has 2 nitrogen and oxygen atoms in total. The highest BCUT2D eigenvalue weighted by Gasteiger charge is 2.48. The number of phenolic OH excluding ortho intramolecular Hbond substituents is 1. The third-order valence-corrected chi connectivity index (χ3v) is 7.57. The minimum atomic E-state index is -0.959. The van der Waals surface area contributed by atoms with Gasteiger partial charge in [0.1, 0.15) is 11.5 Å². The highest BCUT2D eigenvalue weighted by atomic mass is 16.5. The minimum absolute atomic E-state index is 0.215. The highest BCUT2D eigenvalue weighted by molar-refractivity contribution is 6.03. The molecule has 0 saturated carbocycles. The average Bonchev–Trinajstić information content (AvgIpc) is 3.37. The predicted molar refractivity (Wildman–Crippen MR) is 162 cm³/mol. The van der Waals surface area contributed by atoms with Gasteiger partial charge >= 0.3 is 0 Å². The molecule has 0 atom stereocenters. The fraction of sp³-hybridized carbons (Fsp3) is 0.0263. The molecule has 0 bridgehead atoms. The molecule has 190 valence electrons. The van der Waals surface area contributed by atoms with Crippen LogP contribution < -0.4 is 4.74 Å². The van der Waals surface area contributed by atoms with Gasteiger partial charge in [-0.2, -0.15) is 0 Å². The number of hydrogen-bond donors (Lipinski definition) is 1. The van der Waals surface area contributed by atoms with E-state index in [-0.39, 0.29) is 5.75 Å². The van der Waals surface area contributed by atoms with Crippen molar-refractivity contribution in [1.29, 1.82) is 0 Å². The maximum absolute atomic E-state index is 10.6. The van der Waals surface area contributed by atoms with Gasteiger partial charge in [0.15, 0.2) is 5.60 Å². The van der Waals surface area contributed by atoms with Crippen LogP contribution in [0.1, 0.15) is 27.8 Å². The van der Waals surface area contributed by atoms with Gasteiger partial charge in [0.05, 0.1) is 5.57 Å². The Labute approximate surface area is 233 Å². The summed E-state index contributed by atoms with van der Waals surface area (Å²) >= 11 is 0. The maximum atomic E-state index is 10.6. The molecule has 0 saturated heterocycles. The summed E-state index contributed by atoms with van der Waals surface area (Å²) < 4.78 is 7.11. The molecule has 6 aromatic rings. The van der Waals surface area contributed by atoms with Crippen molar-refractivity contribution in [1.82, 2.24) is 0 Å². The van der Waals surface area contributed by atoms with Crippen LogP contribution >= 0.6 is 0 Å². The summed E-state index contributed by atoms with van der Waals surface area (Å²) in [6.07, 6.45) is 0. The van der Waals surface area contributed by atoms with Gasteiger partial charge in [-0.3, -0.25) is 0 Å². The molecule has 1 aliphatic rings. The van der Waals surface area contributed by atoms with Gasteiger partial charge in [-0.25, -0.2) is 0 Å². The van der Waals surface area contributed by atoms with E-state index >= 15 is 0 Å². The second-order valence-corrected chi connectivity index (χ2v) is 9.97. The molecule has 0 aliphatic carbocycles. The van der Waals surface area contributed by atoms with E-state index in [1.54, 1.807) is 6.07 Å². The summed E-state index contributed by atoms with van der Waals surface area (Å²) in [7, 11) is 0. The average molecular weight is 515 g/mol. The largest absolute Gasteiger partial charge is 0.508 e. The van der Waals surface area contributed by atoms with Crippen LogP contribution in [0.3, 0.4) is 0 Å². The van der Waals surface area contributed by atoms with Crippen LogP contribution in [0.25, 0.3) is 21.9 Å². The van der Waals surface area contributed by atoms with E-state index in [9.17, 15) is 5.11 Å². The number of phenols is 1. The SMILES string of the molecule is Oc1ccc2ccc3c(c2c1)C(=C=C(c1ccccc1)c1ccccc1)C(c1ccccc1)(c1ccccc1)O3. The monoisotopic (exact) mass is 514 g/mol. The molecule has 0 radical (unpaired) electrons. The topological polar surface area (TPSA) is 29.5 Å². The van der Waals surface area contributed by atoms with Gasteiger partial charge in [0.25, 0.3) is 0 Å². The summed E-state index contributed by atoms with van der Waals surface area (Å²) in [6, 6.07) is 51.1. The van der Waals surface area contributed by atoms with Crippen molar-refractivity contribution in [2.75, 3.05) is 0 Å². The quantitative estimate of drug-likeness (QED) is 0.238. The Kier molecular flexibility index (Phi) is 5.82. The van der Waals surface area contributed by atoms with E-state index < -0.39 is 5.60 Å². The van der Waals surface area contributed by atoms with Crippen molar-refractivity contribution in [3.8, 4) is 11.5 Å². The second kappa shape index (κ2) is 9.78. The molecule has 0 unspecified atom stereocenters. The molecule has 0 fully saturated rings. The zero-order valence-corrected chi connectivity index (χ0v) is 21.8. The first-order valence-corrected chi connectivity index (χ1v) is 13.4. The lowest BCUT2D eigenvalue weighted by atomic mass is 9.77. The van der Waals surface area contributed by atoms with E-state index in [4.69, 9.17) is 4.74 Å². The van der Waals surface area contributed by atoms with Gasteiger partial charge in [-0.1, -0.05) is 133 Å². The van der Waals surface area contributed by atoms with Crippen LogP contribution in [-0.4, -0.2) is 5.11 Å². The Balaban J connectivity index is 1.70. The van der Waals surface area contributed by atoms with Crippen LogP contribution in [0.4, 0.5) is 0 Å². The fourth-order valence-electron chi connectivity index (χ4n) is 5.74. The third kappa shape index (κ3) is 3.91. The Hall–Kier alpha value is -5.30. The lowest BCUT2D eigenvalue weighted by Crippen LogP contribution is -2.31. The molecule has 1 N–H and O–H groups in total. The number of rotatable bonds is 4. The first kappa shape index (κ1) is 23.8. The Morgan fingerprint density at radius 3 is 1.62 bits per heavy atom. The first-order chi connectivity index (χ1) is 19.7. The number of hydrogen-bond acceptors (Lipinski definition) is 2. The number of fused-ring (bicyclic) bond motifs is 3. The molecule has 7 rings (SSSR count). The maximum Gasteiger partial charge on any atom is 0.192 e. The number of aromatic hydroxyl groups is 1. The van der Waals surface area contributed by atoms with Gasteiger partial charge < -0.3 is 9.84 Å². The Bertz CT molecular complexity index is 1800.